The lowest BCUT2D eigenvalue weighted by Crippen LogP contribution is -2.37. The molecular formula is C19H14BrN3O3S. The molecule has 1 aromatic heterocycles. The van der Waals surface area contributed by atoms with Crippen LogP contribution >= 0.6 is 27.3 Å². The molecule has 136 valence electrons. The molecule has 0 radical (unpaired) electrons. The first-order chi connectivity index (χ1) is 13.0. The summed E-state index contributed by atoms with van der Waals surface area (Å²) in [5, 5.41) is 3.13. The van der Waals surface area contributed by atoms with Crippen LogP contribution in [-0.4, -0.2) is 34.2 Å². The molecule has 2 heterocycles. The molecule has 1 aliphatic heterocycles. The van der Waals surface area contributed by atoms with Gasteiger partial charge in [-0.3, -0.25) is 19.3 Å². The molecule has 2 aromatic carbocycles. The van der Waals surface area contributed by atoms with Crippen molar-refractivity contribution in [2.24, 2.45) is 0 Å². The summed E-state index contributed by atoms with van der Waals surface area (Å²) in [7, 11) is 0. The van der Waals surface area contributed by atoms with E-state index in [9.17, 15) is 14.4 Å². The van der Waals surface area contributed by atoms with Crippen LogP contribution in [-0.2, 0) is 11.2 Å². The summed E-state index contributed by atoms with van der Waals surface area (Å²) in [6.07, 6.45) is 0.922. The summed E-state index contributed by atoms with van der Waals surface area (Å²) >= 11 is 4.65. The Morgan fingerprint density at radius 2 is 1.93 bits per heavy atom. The van der Waals surface area contributed by atoms with Crippen LogP contribution in [0.5, 0.6) is 0 Å². The minimum atomic E-state index is -0.469. The van der Waals surface area contributed by atoms with E-state index in [2.05, 4.69) is 33.2 Å². The van der Waals surface area contributed by atoms with Gasteiger partial charge >= 0.3 is 0 Å². The fraction of sp³-hybridized carbons (Fsp3) is 0.158. The highest BCUT2D eigenvalue weighted by atomic mass is 79.9. The van der Waals surface area contributed by atoms with Gasteiger partial charge in [0.25, 0.3) is 11.8 Å². The number of aromatic nitrogens is 1. The fourth-order valence-corrected chi connectivity index (χ4v) is 4.26. The molecule has 3 amide bonds. The average molecular weight is 444 g/mol. The number of halogens is 1. The number of nitrogens with zero attached hydrogens (tertiary/aromatic N) is 2. The minimum Gasteiger partial charge on any atom is -0.300 e. The Hall–Kier alpha value is -2.58. The number of benzene rings is 2. The first-order valence-electron chi connectivity index (χ1n) is 8.31. The lowest BCUT2D eigenvalue weighted by Gasteiger charge is -2.12. The van der Waals surface area contributed by atoms with E-state index in [1.807, 2.05) is 18.2 Å². The molecule has 0 saturated carbocycles. The number of rotatable bonds is 4. The highest BCUT2D eigenvalue weighted by Gasteiger charge is 2.36. The highest BCUT2D eigenvalue weighted by Crippen LogP contribution is 2.28. The number of nitrogens with one attached hydrogen (secondary N) is 1. The Morgan fingerprint density at radius 1 is 1.15 bits per heavy atom. The number of aryl methyl sites for hydroxylation is 1. The zero-order chi connectivity index (χ0) is 19.1. The number of hydrogen-bond donors (Lipinski definition) is 1. The maximum Gasteiger partial charge on any atom is 0.262 e. The van der Waals surface area contributed by atoms with Crippen molar-refractivity contribution in [3.05, 3.63) is 57.6 Å². The Balaban J connectivity index is 1.50. The van der Waals surface area contributed by atoms with E-state index in [1.54, 1.807) is 18.2 Å². The molecule has 0 atom stereocenters. The van der Waals surface area contributed by atoms with Crippen LogP contribution in [0.2, 0.25) is 0 Å². The molecule has 27 heavy (non-hydrogen) atoms. The molecule has 1 aliphatic rings. The van der Waals surface area contributed by atoms with E-state index in [-0.39, 0.29) is 6.54 Å². The van der Waals surface area contributed by atoms with Gasteiger partial charge in [-0.05, 0) is 42.3 Å². The van der Waals surface area contributed by atoms with Crippen LogP contribution in [0.3, 0.4) is 0 Å². The first-order valence-corrected chi connectivity index (χ1v) is 9.92. The van der Waals surface area contributed by atoms with Gasteiger partial charge in [0.15, 0.2) is 5.13 Å². The van der Waals surface area contributed by atoms with Gasteiger partial charge in [0, 0.05) is 4.47 Å². The van der Waals surface area contributed by atoms with Crippen LogP contribution in [0.15, 0.2) is 40.9 Å². The summed E-state index contributed by atoms with van der Waals surface area (Å²) in [6.45, 7) is 1.73. The molecule has 1 N–H and O–H groups in total. The monoisotopic (exact) mass is 443 g/mol. The molecule has 8 heteroatoms. The van der Waals surface area contributed by atoms with Crippen molar-refractivity contribution in [1.82, 2.24) is 9.88 Å². The Labute approximate surface area is 167 Å². The van der Waals surface area contributed by atoms with E-state index < -0.39 is 17.7 Å². The average Bonchev–Trinajstić information content (AvgIpc) is 3.14. The smallest absolute Gasteiger partial charge is 0.262 e. The second-order valence-electron chi connectivity index (χ2n) is 6.11. The van der Waals surface area contributed by atoms with Gasteiger partial charge in [0.1, 0.15) is 6.54 Å². The molecule has 0 bridgehead atoms. The zero-order valence-corrected chi connectivity index (χ0v) is 16.7. The van der Waals surface area contributed by atoms with Gasteiger partial charge in [0.2, 0.25) is 5.91 Å². The predicted molar refractivity (Wildman–Crippen MR) is 107 cm³/mol. The van der Waals surface area contributed by atoms with E-state index in [0.717, 1.165) is 21.5 Å². The lowest BCUT2D eigenvalue weighted by molar-refractivity contribution is -0.116. The Bertz CT molecular complexity index is 1110. The van der Waals surface area contributed by atoms with Crippen LogP contribution < -0.4 is 5.32 Å². The van der Waals surface area contributed by atoms with Crippen LogP contribution in [0.25, 0.3) is 10.2 Å². The SMILES string of the molecule is CCc1ccc2nc(NC(=O)CN3C(=O)c4ccc(Br)cc4C3=O)sc2c1. The first kappa shape index (κ1) is 17.8. The van der Waals surface area contributed by atoms with Crippen LogP contribution in [0, 0.1) is 0 Å². The van der Waals surface area contributed by atoms with Crippen LogP contribution in [0.1, 0.15) is 33.2 Å². The summed E-state index contributed by atoms with van der Waals surface area (Å²) in [4.78, 5) is 42.6. The number of hydrogen-bond acceptors (Lipinski definition) is 5. The number of carbonyl (C=O) groups excluding carboxylic acids is 3. The van der Waals surface area contributed by atoms with Crippen molar-refractivity contribution < 1.29 is 14.4 Å². The second-order valence-corrected chi connectivity index (χ2v) is 8.06. The van der Waals surface area contributed by atoms with Gasteiger partial charge in [-0.25, -0.2) is 4.98 Å². The standard InChI is InChI=1S/C19H14BrN3O3S/c1-2-10-3-6-14-15(7-10)27-19(21-14)22-16(24)9-23-17(25)12-5-4-11(20)8-13(12)18(23)26/h3-8H,2,9H2,1H3,(H,21,22,24). The summed E-state index contributed by atoms with van der Waals surface area (Å²) in [6, 6.07) is 10.8. The van der Waals surface area contributed by atoms with E-state index in [4.69, 9.17) is 0 Å². The number of anilines is 1. The van der Waals surface area contributed by atoms with Crippen molar-refractivity contribution in [1.29, 1.82) is 0 Å². The van der Waals surface area contributed by atoms with Crippen molar-refractivity contribution in [2.75, 3.05) is 11.9 Å². The quantitative estimate of drug-likeness (QED) is 0.620. The highest BCUT2D eigenvalue weighted by molar-refractivity contribution is 9.10. The molecule has 0 saturated heterocycles. The normalized spacial score (nSPS) is 13.3. The maximum atomic E-state index is 12.4. The number of thiazole rings is 1. The third-order valence-corrected chi connectivity index (χ3v) is 5.77. The number of amides is 3. The molecule has 4 rings (SSSR count). The summed E-state index contributed by atoms with van der Waals surface area (Å²) in [5.41, 5.74) is 2.61. The number of fused-ring (bicyclic) bond motifs is 2. The largest absolute Gasteiger partial charge is 0.300 e. The molecule has 0 unspecified atom stereocenters. The van der Waals surface area contributed by atoms with Crippen molar-refractivity contribution >= 4 is 60.3 Å². The van der Waals surface area contributed by atoms with Crippen LogP contribution in [0.4, 0.5) is 5.13 Å². The molecule has 0 aliphatic carbocycles. The molecular weight excluding hydrogens is 430 g/mol. The Morgan fingerprint density at radius 3 is 2.70 bits per heavy atom. The molecule has 0 spiro atoms. The maximum absolute atomic E-state index is 12.4. The summed E-state index contributed by atoms with van der Waals surface area (Å²) < 4.78 is 1.69. The topological polar surface area (TPSA) is 79.4 Å². The third-order valence-electron chi connectivity index (χ3n) is 4.34. The van der Waals surface area contributed by atoms with Gasteiger partial charge in [-0.1, -0.05) is 40.3 Å². The lowest BCUT2D eigenvalue weighted by atomic mass is 10.1. The van der Waals surface area contributed by atoms with Gasteiger partial charge in [-0.15, -0.1) is 0 Å². The predicted octanol–water partition coefficient (Wildman–Crippen LogP) is 3.86. The number of imide groups is 1. The van der Waals surface area contributed by atoms with Crippen molar-refractivity contribution in [2.45, 2.75) is 13.3 Å². The van der Waals surface area contributed by atoms with Crippen molar-refractivity contribution in [3.63, 3.8) is 0 Å². The van der Waals surface area contributed by atoms with Gasteiger partial charge < -0.3 is 5.32 Å². The fourth-order valence-electron chi connectivity index (χ4n) is 2.95. The Kier molecular flexibility index (Phi) is 4.53. The molecule has 3 aromatic rings. The van der Waals surface area contributed by atoms with E-state index in [1.165, 1.54) is 16.9 Å². The van der Waals surface area contributed by atoms with E-state index in [0.29, 0.717) is 20.7 Å². The second kappa shape index (κ2) is 6.86. The van der Waals surface area contributed by atoms with E-state index >= 15 is 0 Å². The molecule has 0 fully saturated rings. The minimum absolute atomic E-state index is 0.300. The zero-order valence-electron chi connectivity index (χ0n) is 14.3. The van der Waals surface area contributed by atoms with Gasteiger partial charge in [0.05, 0.1) is 21.3 Å². The van der Waals surface area contributed by atoms with Crippen molar-refractivity contribution in [3.8, 4) is 0 Å². The third kappa shape index (κ3) is 3.26. The summed E-state index contributed by atoms with van der Waals surface area (Å²) in [5.74, 6) is -1.39. The number of carbonyl (C=O) groups is 3. The molecule has 6 nitrogen and oxygen atoms in total. The van der Waals surface area contributed by atoms with Gasteiger partial charge in [-0.2, -0.15) is 0 Å².